The number of hydrogen-bond donors (Lipinski definition) is 0. The number of rotatable bonds is 2. The van der Waals surface area contributed by atoms with Crippen LogP contribution < -0.4 is 4.90 Å². The summed E-state index contributed by atoms with van der Waals surface area (Å²) in [6, 6.07) is 12.2. The highest BCUT2D eigenvalue weighted by molar-refractivity contribution is 8.27. The van der Waals surface area contributed by atoms with Crippen molar-refractivity contribution in [2.45, 2.75) is 13.1 Å². The first-order chi connectivity index (χ1) is 11.8. The SMILES string of the molecule is Cc1ccc(C=C2SC(=S)N(c3cccc(C(F)(F)F)c3)C2=O)cc1. The van der Waals surface area contributed by atoms with E-state index in [1.54, 1.807) is 6.08 Å². The van der Waals surface area contributed by atoms with Crippen molar-refractivity contribution in [2.75, 3.05) is 4.90 Å². The van der Waals surface area contributed by atoms with Gasteiger partial charge in [-0.2, -0.15) is 13.2 Å². The van der Waals surface area contributed by atoms with Gasteiger partial charge in [0.15, 0.2) is 4.32 Å². The number of amides is 1. The van der Waals surface area contributed by atoms with Gasteiger partial charge in [0.2, 0.25) is 0 Å². The summed E-state index contributed by atoms with van der Waals surface area (Å²) in [5, 5.41) is 0. The Bertz CT molecular complexity index is 873. The predicted molar refractivity (Wildman–Crippen MR) is 98.3 cm³/mol. The van der Waals surface area contributed by atoms with Crippen molar-refractivity contribution < 1.29 is 18.0 Å². The van der Waals surface area contributed by atoms with Crippen LogP contribution in [0.1, 0.15) is 16.7 Å². The fourth-order valence-electron chi connectivity index (χ4n) is 2.33. The lowest BCUT2D eigenvalue weighted by Gasteiger charge is -2.16. The number of aryl methyl sites for hydroxylation is 1. The van der Waals surface area contributed by atoms with Gasteiger partial charge in [-0.15, -0.1) is 0 Å². The number of halogens is 3. The summed E-state index contributed by atoms with van der Waals surface area (Å²) in [5.41, 5.74) is 1.22. The summed E-state index contributed by atoms with van der Waals surface area (Å²) in [6.45, 7) is 1.96. The molecule has 0 radical (unpaired) electrons. The third-order valence-corrected chi connectivity index (χ3v) is 4.90. The molecule has 0 unspecified atom stereocenters. The monoisotopic (exact) mass is 379 g/mol. The second-order valence-corrected chi connectivity index (χ2v) is 7.15. The van der Waals surface area contributed by atoms with Crippen molar-refractivity contribution in [3.63, 3.8) is 0 Å². The normalized spacial score (nSPS) is 16.8. The molecule has 1 amide bonds. The van der Waals surface area contributed by atoms with Gasteiger partial charge < -0.3 is 0 Å². The topological polar surface area (TPSA) is 20.3 Å². The van der Waals surface area contributed by atoms with E-state index >= 15 is 0 Å². The second-order valence-electron chi connectivity index (χ2n) is 5.48. The van der Waals surface area contributed by atoms with Crippen LogP contribution in [0.15, 0.2) is 53.4 Å². The summed E-state index contributed by atoms with van der Waals surface area (Å²) >= 11 is 6.27. The molecule has 1 saturated heterocycles. The largest absolute Gasteiger partial charge is 0.416 e. The summed E-state index contributed by atoms with van der Waals surface area (Å²) in [7, 11) is 0. The molecule has 128 valence electrons. The highest BCUT2D eigenvalue weighted by atomic mass is 32.2. The Labute approximate surface area is 152 Å². The molecule has 1 fully saturated rings. The van der Waals surface area contributed by atoms with Crippen molar-refractivity contribution in [2.24, 2.45) is 0 Å². The van der Waals surface area contributed by atoms with Gasteiger partial charge in [0.05, 0.1) is 16.2 Å². The minimum absolute atomic E-state index is 0.115. The molecule has 25 heavy (non-hydrogen) atoms. The highest BCUT2D eigenvalue weighted by Gasteiger charge is 2.36. The van der Waals surface area contributed by atoms with E-state index in [1.165, 1.54) is 12.1 Å². The molecular formula is C18H12F3NOS2. The van der Waals surface area contributed by atoms with Crippen molar-refractivity contribution >= 4 is 46.0 Å². The third-order valence-electron chi connectivity index (χ3n) is 3.60. The van der Waals surface area contributed by atoms with Gasteiger partial charge >= 0.3 is 6.18 Å². The summed E-state index contributed by atoms with van der Waals surface area (Å²) in [4.78, 5) is 14.1. The van der Waals surface area contributed by atoms with E-state index in [-0.39, 0.29) is 10.0 Å². The molecule has 2 aromatic carbocycles. The Kier molecular flexibility index (Phi) is 4.71. The third kappa shape index (κ3) is 3.77. The van der Waals surface area contributed by atoms with Crippen LogP contribution in [0.4, 0.5) is 18.9 Å². The van der Waals surface area contributed by atoms with Crippen LogP contribution in [-0.2, 0) is 11.0 Å². The van der Waals surface area contributed by atoms with Gasteiger partial charge in [0.1, 0.15) is 0 Å². The summed E-state index contributed by atoms with van der Waals surface area (Å²) < 4.78 is 38.9. The maximum absolute atomic E-state index is 12.9. The molecule has 0 saturated carbocycles. The lowest BCUT2D eigenvalue weighted by Crippen LogP contribution is -2.27. The van der Waals surface area contributed by atoms with E-state index in [1.807, 2.05) is 31.2 Å². The number of carbonyl (C=O) groups is 1. The quantitative estimate of drug-likeness (QED) is 0.513. The molecule has 7 heteroatoms. The zero-order chi connectivity index (χ0) is 18.2. The summed E-state index contributed by atoms with van der Waals surface area (Å²) in [6.07, 6.45) is -2.79. The minimum atomic E-state index is -4.48. The Morgan fingerprint density at radius 1 is 1.12 bits per heavy atom. The Hall–Kier alpha value is -2.12. The fourth-order valence-corrected chi connectivity index (χ4v) is 3.62. The number of thiocarbonyl (C=S) groups is 1. The lowest BCUT2D eigenvalue weighted by molar-refractivity contribution is -0.137. The Balaban J connectivity index is 1.93. The van der Waals surface area contributed by atoms with Crippen LogP contribution in [0.5, 0.6) is 0 Å². The molecule has 0 atom stereocenters. The first-order valence-corrected chi connectivity index (χ1v) is 8.50. The van der Waals surface area contributed by atoms with E-state index in [9.17, 15) is 18.0 Å². The molecule has 0 bridgehead atoms. The van der Waals surface area contributed by atoms with Crippen molar-refractivity contribution in [3.8, 4) is 0 Å². The lowest BCUT2D eigenvalue weighted by atomic mass is 10.1. The number of benzene rings is 2. The Morgan fingerprint density at radius 2 is 1.80 bits per heavy atom. The Morgan fingerprint density at radius 3 is 2.44 bits per heavy atom. The number of alkyl halides is 3. The average Bonchev–Trinajstić information content (AvgIpc) is 2.83. The molecule has 1 aliphatic heterocycles. The molecule has 0 N–H and O–H groups in total. The van der Waals surface area contributed by atoms with Crippen molar-refractivity contribution in [1.82, 2.24) is 0 Å². The van der Waals surface area contributed by atoms with E-state index in [0.717, 1.165) is 39.9 Å². The van der Waals surface area contributed by atoms with E-state index in [2.05, 4.69) is 0 Å². The average molecular weight is 379 g/mol. The van der Waals surface area contributed by atoms with Crippen molar-refractivity contribution in [3.05, 3.63) is 70.1 Å². The molecule has 2 nitrogen and oxygen atoms in total. The maximum atomic E-state index is 12.9. The number of nitrogens with zero attached hydrogens (tertiary/aromatic N) is 1. The van der Waals surface area contributed by atoms with Gasteiger partial charge in [-0.1, -0.05) is 59.9 Å². The molecule has 3 rings (SSSR count). The van der Waals surface area contributed by atoms with E-state index in [4.69, 9.17) is 12.2 Å². The van der Waals surface area contributed by atoms with Gasteiger partial charge in [-0.05, 0) is 36.8 Å². The standard InChI is InChI=1S/C18H12F3NOS2/c1-11-5-7-12(8-6-11)9-15-16(23)22(17(24)25-15)14-4-2-3-13(10-14)18(19,20)21/h2-10H,1H3. The number of carbonyl (C=O) groups excluding carboxylic acids is 1. The highest BCUT2D eigenvalue weighted by Crippen LogP contribution is 2.38. The van der Waals surface area contributed by atoms with Crippen LogP contribution in [0.2, 0.25) is 0 Å². The van der Waals surface area contributed by atoms with Crippen LogP contribution in [-0.4, -0.2) is 10.2 Å². The van der Waals surface area contributed by atoms with Crippen LogP contribution in [0.3, 0.4) is 0 Å². The maximum Gasteiger partial charge on any atom is 0.416 e. The van der Waals surface area contributed by atoms with E-state index in [0.29, 0.717) is 4.91 Å². The molecule has 0 spiro atoms. The molecule has 2 aromatic rings. The summed E-state index contributed by atoms with van der Waals surface area (Å²) in [5.74, 6) is -0.421. The van der Waals surface area contributed by atoms with Gasteiger partial charge in [-0.25, -0.2) is 0 Å². The molecular weight excluding hydrogens is 367 g/mol. The first kappa shape index (κ1) is 17.7. The molecule has 1 heterocycles. The predicted octanol–water partition coefficient (Wildman–Crippen LogP) is 5.42. The smallest absolute Gasteiger partial charge is 0.268 e. The first-order valence-electron chi connectivity index (χ1n) is 7.27. The number of anilines is 1. The molecule has 0 aliphatic carbocycles. The second kappa shape index (κ2) is 6.65. The number of thioether (sulfide) groups is 1. The minimum Gasteiger partial charge on any atom is -0.268 e. The molecule has 1 aliphatic rings. The van der Waals surface area contributed by atoms with Gasteiger partial charge in [-0.3, -0.25) is 9.69 Å². The van der Waals surface area contributed by atoms with E-state index < -0.39 is 17.6 Å². The van der Waals surface area contributed by atoms with Crippen molar-refractivity contribution in [1.29, 1.82) is 0 Å². The van der Waals surface area contributed by atoms with Gasteiger partial charge in [0.25, 0.3) is 5.91 Å². The van der Waals surface area contributed by atoms with Crippen LogP contribution in [0.25, 0.3) is 6.08 Å². The van der Waals surface area contributed by atoms with Crippen LogP contribution in [0, 0.1) is 6.92 Å². The zero-order valence-electron chi connectivity index (χ0n) is 13.0. The number of hydrogen-bond acceptors (Lipinski definition) is 3. The zero-order valence-corrected chi connectivity index (χ0v) is 14.6. The fraction of sp³-hybridized carbons (Fsp3) is 0.111. The van der Waals surface area contributed by atoms with Gasteiger partial charge in [0, 0.05) is 0 Å². The van der Waals surface area contributed by atoms with Crippen LogP contribution >= 0.6 is 24.0 Å². The molecule has 0 aromatic heterocycles.